The number of methoxy groups -OCH3 is 1. The van der Waals surface area contributed by atoms with Gasteiger partial charge in [-0.15, -0.1) is 0 Å². The van der Waals surface area contributed by atoms with Crippen molar-refractivity contribution in [3.8, 4) is 0 Å². The molecule has 3 atom stereocenters. The molecule has 0 bridgehead atoms. The van der Waals surface area contributed by atoms with Crippen molar-refractivity contribution in [1.82, 2.24) is 10.2 Å². The van der Waals surface area contributed by atoms with Crippen LogP contribution in [-0.4, -0.2) is 59.6 Å². The van der Waals surface area contributed by atoms with Crippen molar-refractivity contribution < 1.29 is 24.2 Å². The SMILES string of the molecule is COC(=O)[C@@H](Cc1ccc(C)cc1)NC(=O)[C@@H]1C[C@@H](O)CN1C(C)=O. The van der Waals surface area contributed by atoms with Crippen LogP contribution in [-0.2, 0) is 25.5 Å². The largest absolute Gasteiger partial charge is 0.467 e. The van der Waals surface area contributed by atoms with Gasteiger partial charge in [-0.3, -0.25) is 9.59 Å². The lowest BCUT2D eigenvalue weighted by Gasteiger charge is -2.24. The second-order valence-corrected chi connectivity index (χ2v) is 6.35. The van der Waals surface area contributed by atoms with Crippen LogP contribution in [0.4, 0.5) is 0 Å². The predicted molar refractivity (Wildman–Crippen MR) is 90.6 cm³/mol. The van der Waals surface area contributed by atoms with Gasteiger partial charge in [-0.2, -0.15) is 0 Å². The lowest BCUT2D eigenvalue weighted by molar-refractivity contribution is -0.146. The van der Waals surface area contributed by atoms with Gasteiger partial charge in [0.25, 0.3) is 0 Å². The fraction of sp³-hybridized carbons (Fsp3) is 0.500. The molecule has 1 aromatic carbocycles. The van der Waals surface area contributed by atoms with Crippen LogP contribution < -0.4 is 5.32 Å². The molecule has 7 heteroatoms. The van der Waals surface area contributed by atoms with E-state index < -0.39 is 30.1 Å². The van der Waals surface area contributed by atoms with E-state index in [0.717, 1.165) is 11.1 Å². The Hall–Kier alpha value is -2.41. The quantitative estimate of drug-likeness (QED) is 0.740. The van der Waals surface area contributed by atoms with Gasteiger partial charge in [-0.1, -0.05) is 29.8 Å². The summed E-state index contributed by atoms with van der Waals surface area (Å²) in [7, 11) is 1.26. The summed E-state index contributed by atoms with van der Waals surface area (Å²) < 4.78 is 4.78. The third-order valence-corrected chi connectivity index (χ3v) is 4.35. The van der Waals surface area contributed by atoms with E-state index in [1.54, 1.807) is 0 Å². The Labute approximate surface area is 147 Å². The number of rotatable bonds is 5. The fourth-order valence-corrected chi connectivity index (χ4v) is 2.97. The summed E-state index contributed by atoms with van der Waals surface area (Å²) in [6, 6.07) is 5.99. The number of nitrogens with zero attached hydrogens (tertiary/aromatic N) is 1. The second kappa shape index (κ2) is 8.11. The maximum absolute atomic E-state index is 12.6. The smallest absolute Gasteiger partial charge is 0.328 e. The summed E-state index contributed by atoms with van der Waals surface area (Å²) in [5.41, 5.74) is 1.98. The summed E-state index contributed by atoms with van der Waals surface area (Å²) >= 11 is 0. The van der Waals surface area contributed by atoms with Crippen LogP contribution >= 0.6 is 0 Å². The molecular formula is C18H24N2O5. The zero-order valence-corrected chi connectivity index (χ0v) is 14.7. The maximum atomic E-state index is 12.6. The van der Waals surface area contributed by atoms with E-state index in [0.29, 0.717) is 0 Å². The lowest BCUT2D eigenvalue weighted by Crippen LogP contribution is -2.51. The van der Waals surface area contributed by atoms with Gasteiger partial charge in [0.15, 0.2) is 0 Å². The van der Waals surface area contributed by atoms with Crippen molar-refractivity contribution >= 4 is 17.8 Å². The molecule has 0 spiro atoms. The zero-order valence-electron chi connectivity index (χ0n) is 14.7. The van der Waals surface area contributed by atoms with Crippen molar-refractivity contribution in [2.45, 2.75) is 44.9 Å². The monoisotopic (exact) mass is 348 g/mol. The number of esters is 1. The summed E-state index contributed by atoms with van der Waals surface area (Å²) in [4.78, 5) is 37.6. The normalized spacial score (nSPS) is 20.9. The number of aliphatic hydroxyl groups is 1. The third-order valence-electron chi connectivity index (χ3n) is 4.35. The first-order chi connectivity index (χ1) is 11.8. The van der Waals surface area contributed by atoms with Gasteiger partial charge in [0.05, 0.1) is 13.2 Å². The number of hydrogen-bond acceptors (Lipinski definition) is 5. The number of ether oxygens (including phenoxy) is 1. The minimum Gasteiger partial charge on any atom is -0.467 e. The first-order valence-corrected chi connectivity index (χ1v) is 8.20. The average molecular weight is 348 g/mol. The second-order valence-electron chi connectivity index (χ2n) is 6.35. The topological polar surface area (TPSA) is 95.9 Å². The van der Waals surface area contributed by atoms with Crippen molar-refractivity contribution in [2.24, 2.45) is 0 Å². The summed E-state index contributed by atoms with van der Waals surface area (Å²) in [5.74, 6) is -1.30. The number of aryl methyl sites for hydroxylation is 1. The molecule has 7 nitrogen and oxygen atoms in total. The Morgan fingerprint density at radius 3 is 2.52 bits per heavy atom. The van der Waals surface area contributed by atoms with Crippen LogP contribution in [0.5, 0.6) is 0 Å². The molecule has 1 saturated heterocycles. The molecule has 1 aliphatic rings. The number of benzene rings is 1. The minimum atomic E-state index is -0.855. The Balaban J connectivity index is 2.10. The molecule has 1 aromatic rings. The van der Waals surface area contributed by atoms with E-state index in [4.69, 9.17) is 4.74 Å². The number of carbonyl (C=O) groups excluding carboxylic acids is 3. The molecule has 0 unspecified atom stereocenters. The summed E-state index contributed by atoms with van der Waals surface area (Å²) in [5, 5.41) is 12.4. The van der Waals surface area contributed by atoms with Gasteiger partial charge < -0.3 is 20.1 Å². The number of hydrogen-bond donors (Lipinski definition) is 2. The third kappa shape index (κ3) is 4.79. The van der Waals surface area contributed by atoms with Crippen LogP contribution in [0.3, 0.4) is 0 Å². The molecule has 0 aromatic heterocycles. The van der Waals surface area contributed by atoms with Gasteiger partial charge in [0.1, 0.15) is 12.1 Å². The van der Waals surface area contributed by atoms with Crippen LogP contribution in [0.2, 0.25) is 0 Å². The first-order valence-electron chi connectivity index (χ1n) is 8.20. The average Bonchev–Trinajstić information content (AvgIpc) is 2.97. The number of aliphatic hydroxyl groups excluding tert-OH is 1. The molecule has 1 heterocycles. The van der Waals surface area contributed by atoms with Gasteiger partial charge in [-0.05, 0) is 12.5 Å². The van der Waals surface area contributed by atoms with E-state index >= 15 is 0 Å². The van der Waals surface area contributed by atoms with Crippen LogP contribution in [0.1, 0.15) is 24.5 Å². The van der Waals surface area contributed by atoms with Gasteiger partial charge >= 0.3 is 5.97 Å². The lowest BCUT2D eigenvalue weighted by atomic mass is 10.0. The van der Waals surface area contributed by atoms with Gasteiger partial charge in [0.2, 0.25) is 11.8 Å². The van der Waals surface area contributed by atoms with E-state index in [9.17, 15) is 19.5 Å². The zero-order chi connectivity index (χ0) is 18.6. The first kappa shape index (κ1) is 18.9. The van der Waals surface area contributed by atoms with Crippen molar-refractivity contribution in [3.63, 3.8) is 0 Å². The van der Waals surface area contributed by atoms with Crippen LogP contribution in [0.15, 0.2) is 24.3 Å². The summed E-state index contributed by atoms with van der Waals surface area (Å²) in [6.45, 7) is 3.43. The number of β-amino-alcohol motifs (C(OH)–C–C–N with tert-alkyl or cyclic N) is 1. The highest BCUT2D eigenvalue weighted by molar-refractivity contribution is 5.91. The maximum Gasteiger partial charge on any atom is 0.328 e. The molecule has 2 amide bonds. The molecule has 2 N–H and O–H groups in total. The molecule has 136 valence electrons. The van der Waals surface area contributed by atoms with Crippen molar-refractivity contribution in [3.05, 3.63) is 35.4 Å². The van der Waals surface area contributed by atoms with Crippen LogP contribution in [0, 0.1) is 6.92 Å². The Kier molecular flexibility index (Phi) is 6.14. The highest BCUT2D eigenvalue weighted by atomic mass is 16.5. The van der Waals surface area contributed by atoms with E-state index in [-0.39, 0.29) is 25.3 Å². The highest BCUT2D eigenvalue weighted by Crippen LogP contribution is 2.18. The van der Waals surface area contributed by atoms with Gasteiger partial charge in [0, 0.05) is 26.3 Å². The standard InChI is InChI=1S/C18H24N2O5/c1-11-4-6-13(7-5-11)8-15(18(24)25-3)19-17(23)16-9-14(22)10-20(16)12(2)21/h4-7,14-16,22H,8-10H2,1-3H3,(H,19,23)/t14-,15-,16+/m1/s1. The molecular weight excluding hydrogens is 324 g/mol. The number of amides is 2. The Bertz CT molecular complexity index is 643. The minimum absolute atomic E-state index is 0.119. The molecule has 0 aliphatic carbocycles. The molecule has 1 aliphatic heterocycles. The van der Waals surface area contributed by atoms with Crippen molar-refractivity contribution in [2.75, 3.05) is 13.7 Å². The molecule has 25 heavy (non-hydrogen) atoms. The van der Waals surface area contributed by atoms with Gasteiger partial charge in [-0.25, -0.2) is 4.79 Å². The summed E-state index contributed by atoms with van der Waals surface area (Å²) in [6.07, 6.45) is -0.300. The van der Waals surface area contributed by atoms with E-state index in [2.05, 4.69) is 5.32 Å². The van der Waals surface area contributed by atoms with Crippen molar-refractivity contribution in [1.29, 1.82) is 0 Å². The Morgan fingerprint density at radius 2 is 1.96 bits per heavy atom. The molecule has 1 fully saturated rings. The molecule has 0 radical (unpaired) electrons. The number of likely N-dealkylation sites (tertiary alicyclic amines) is 1. The molecule has 0 saturated carbocycles. The van der Waals surface area contributed by atoms with E-state index in [1.165, 1.54) is 18.9 Å². The highest BCUT2D eigenvalue weighted by Gasteiger charge is 2.38. The predicted octanol–water partition coefficient (Wildman–Crippen LogP) is 0.177. The fourth-order valence-electron chi connectivity index (χ4n) is 2.97. The number of nitrogens with one attached hydrogen (secondary N) is 1. The Morgan fingerprint density at radius 1 is 1.32 bits per heavy atom. The number of carbonyl (C=O) groups is 3. The van der Waals surface area contributed by atoms with E-state index in [1.807, 2.05) is 31.2 Å². The van der Waals surface area contributed by atoms with Crippen LogP contribution in [0.25, 0.3) is 0 Å². The molecule has 2 rings (SSSR count).